The molecule has 0 atom stereocenters. The van der Waals surface area contributed by atoms with E-state index in [2.05, 4.69) is 10.6 Å². The summed E-state index contributed by atoms with van der Waals surface area (Å²) in [6.45, 7) is 4.39. The number of aryl methyl sites for hydroxylation is 2. The Morgan fingerprint density at radius 1 is 1.09 bits per heavy atom. The summed E-state index contributed by atoms with van der Waals surface area (Å²) in [5.74, 6) is 1.33. The van der Waals surface area contributed by atoms with Gasteiger partial charge in [0, 0.05) is 17.4 Å². The van der Waals surface area contributed by atoms with Crippen LogP contribution < -0.4 is 20.1 Å². The molecule has 2 aromatic carbocycles. The Labute approximate surface area is 129 Å². The Hall–Kier alpha value is -2.69. The first-order valence-electron chi connectivity index (χ1n) is 7.13. The van der Waals surface area contributed by atoms with Gasteiger partial charge in [0.1, 0.15) is 0 Å². The maximum absolute atomic E-state index is 12.1. The van der Waals surface area contributed by atoms with Crippen molar-refractivity contribution >= 4 is 17.3 Å². The lowest BCUT2D eigenvalue weighted by Gasteiger charge is -2.12. The first-order chi connectivity index (χ1) is 10.6. The lowest BCUT2D eigenvalue weighted by molar-refractivity contribution is -0.114. The summed E-state index contributed by atoms with van der Waals surface area (Å²) >= 11 is 0. The third-order valence-electron chi connectivity index (χ3n) is 3.57. The van der Waals surface area contributed by atoms with Crippen molar-refractivity contribution in [3.8, 4) is 11.5 Å². The third-order valence-corrected chi connectivity index (χ3v) is 3.57. The standard InChI is InChI=1S/C17H18N2O3/c1-11-4-3-5-12(2)17(11)19-16(20)9-18-13-6-7-14-15(8-13)22-10-21-14/h3-8,18H,9-10H2,1-2H3,(H,19,20). The maximum Gasteiger partial charge on any atom is 0.243 e. The Morgan fingerprint density at radius 3 is 2.59 bits per heavy atom. The second kappa shape index (κ2) is 5.97. The van der Waals surface area contributed by atoms with E-state index in [-0.39, 0.29) is 19.2 Å². The molecule has 3 rings (SSSR count). The smallest absolute Gasteiger partial charge is 0.243 e. The minimum Gasteiger partial charge on any atom is -0.454 e. The van der Waals surface area contributed by atoms with E-state index in [0.29, 0.717) is 5.75 Å². The topological polar surface area (TPSA) is 59.6 Å². The van der Waals surface area contributed by atoms with Crippen LogP contribution in [0.15, 0.2) is 36.4 Å². The van der Waals surface area contributed by atoms with Crippen molar-refractivity contribution in [2.24, 2.45) is 0 Å². The molecular formula is C17H18N2O3. The van der Waals surface area contributed by atoms with Crippen molar-refractivity contribution in [3.63, 3.8) is 0 Å². The first-order valence-corrected chi connectivity index (χ1v) is 7.13. The van der Waals surface area contributed by atoms with Gasteiger partial charge in [-0.05, 0) is 37.1 Å². The monoisotopic (exact) mass is 298 g/mol. The highest BCUT2D eigenvalue weighted by Gasteiger charge is 2.13. The molecule has 0 radical (unpaired) electrons. The Morgan fingerprint density at radius 2 is 1.82 bits per heavy atom. The van der Waals surface area contributed by atoms with E-state index < -0.39 is 0 Å². The average Bonchev–Trinajstić information content (AvgIpc) is 2.96. The van der Waals surface area contributed by atoms with E-state index in [4.69, 9.17) is 9.47 Å². The van der Waals surface area contributed by atoms with Gasteiger partial charge in [-0.3, -0.25) is 4.79 Å². The lowest BCUT2D eigenvalue weighted by atomic mass is 10.1. The normalized spacial score (nSPS) is 12.1. The molecule has 0 saturated carbocycles. The van der Waals surface area contributed by atoms with E-state index >= 15 is 0 Å². The van der Waals surface area contributed by atoms with Crippen LogP contribution in [0.25, 0.3) is 0 Å². The zero-order valence-electron chi connectivity index (χ0n) is 12.6. The third kappa shape index (κ3) is 2.98. The number of benzene rings is 2. The molecule has 0 bridgehead atoms. The molecule has 0 aliphatic carbocycles. The van der Waals surface area contributed by atoms with Gasteiger partial charge in [-0.1, -0.05) is 18.2 Å². The van der Waals surface area contributed by atoms with Gasteiger partial charge in [-0.25, -0.2) is 0 Å². The fraction of sp³-hybridized carbons (Fsp3) is 0.235. The largest absolute Gasteiger partial charge is 0.454 e. The van der Waals surface area contributed by atoms with E-state index in [1.54, 1.807) is 0 Å². The van der Waals surface area contributed by atoms with Crippen LogP contribution in [0.3, 0.4) is 0 Å². The number of carbonyl (C=O) groups excluding carboxylic acids is 1. The van der Waals surface area contributed by atoms with Crippen molar-refractivity contribution in [2.75, 3.05) is 24.0 Å². The zero-order chi connectivity index (χ0) is 15.5. The predicted octanol–water partition coefficient (Wildman–Crippen LogP) is 3.08. The lowest BCUT2D eigenvalue weighted by Crippen LogP contribution is -2.22. The van der Waals surface area contributed by atoms with Gasteiger partial charge >= 0.3 is 0 Å². The van der Waals surface area contributed by atoms with Crippen molar-refractivity contribution in [3.05, 3.63) is 47.5 Å². The highest BCUT2D eigenvalue weighted by Crippen LogP contribution is 2.34. The summed E-state index contributed by atoms with van der Waals surface area (Å²) in [5, 5.41) is 6.03. The minimum atomic E-state index is -0.0879. The number of para-hydroxylation sites is 1. The molecule has 0 spiro atoms. The van der Waals surface area contributed by atoms with E-state index in [9.17, 15) is 4.79 Å². The average molecular weight is 298 g/mol. The van der Waals surface area contributed by atoms with Crippen LogP contribution in [-0.4, -0.2) is 19.2 Å². The number of carbonyl (C=O) groups is 1. The molecule has 1 aliphatic heterocycles. The molecule has 2 aromatic rings. The van der Waals surface area contributed by atoms with E-state index in [1.807, 2.05) is 50.2 Å². The van der Waals surface area contributed by atoms with Crippen LogP contribution in [0.1, 0.15) is 11.1 Å². The number of ether oxygens (including phenoxy) is 2. The van der Waals surface area contributed by atoms with Crippen LogP contribution in [-0.2, 0) is 4.79 Å². The van der Waals surface area contributed by atoms with Gasteiger partial charge in [-0.15, -0.1) is 0 Å². The van der Waals surface area contributed by atoms with E-state index in [1.165, 1.54) is 0 Å². The number of nitrogens with one attached hydrogen (secondary N) is 2. The van der Waals surface area contributed by atoms with Crippen LogP contribution in [0.5, 0.6) is 11.5 Å². The van der Waals surface area contributed by atoms with Gasteiger partial charge in [-0.2, -0.15) is 0 Å². The summed E-state index contributed by atoms with van der Waals surface area (Å²) in [4.78, 5) is 12.1. The Bertz CT molecular complexity index is 693. The van der Waals surface area contributed by atoms with Gasteiger partial charge in [0.05, 0.1) is 6.54 Å². The van der Waals surface area contributed by atoms with Crippen molar-refractivity contribution < 1.29 is 14.3 Å². The Kier molecular flexibility index (Phi) is 3.87. The minimum absolute atomic E-state index is 0.0879. The number of hydrogen-bond acceptors (Lipinski definition) is 4. The summed E-state index contributed by atoms with van der Waals surface area (Å²) in [6, 6.07) is 11.5. The molecule has 2 N–H and O–H groups in total. The summed E-state index contributed by atoms with van der Waals surface area (Å²) in [5.41, 5.74) is 3.80. The van der Waals surface area contributed by atoms with Gasteiger partial charge < -0.3 is 20.1 Å². The van der Waals surface area contributed by atoms with Crippen molar-refractivity contribution in [1.82, 2.24) is 0 Å². The molecule has 22 heavy (non-hydrogen) atoms. The summed E-state index contributed by atoms with van der Waals surface area (Å²) < 4.78 is 10.6. The Balaban J connectivity index is 1.61. The second-order valence-corrected chi connectivity index (χ2v) is 5.24. The molecule has 5 nitrogen and oxygen atoms in total. The summed E-state index contributed by atoms with van der Waals surface area (Å²) in [7, 11) is 0. The molecule has 1 heterocycles. The molecule has 114 valence electrons. The number of hydrogen-bond donors (Lipinski definition) is 2. The molecular weight excluding hydrogens is 280 g/mol. The highest BCUT2D eigenvalue weighted by atomic mass is 16.7. The van der Waals surface area contributed by atoms with Crippen molar-refractivity contribution in [1.29, 1.82) is 0 Å². The molecule has 0 saturated heterocycles. The number of rotatable bonds is 4. The zero-order valence-corrected chi connectivity index (χ0v) is 12.6. The van der Waals surface area contributed by atoms with Crippen LogP contribution >= 0.6 is 0 Å². The summed E-state index contributed by atoms with van der Waals surface area (Å²) in [6.07, 6.45) is 0. The highest BCUT2D eigenvalue weighted by molar-refractivity contribution is 5.95. The van der Waals surface area contributed by atoms with Crippen molar-refractivity contribution in [2.45, 2.75) is 13.8 Å². The second-order valence-electron chi connectivity index (χ2n) is 5.24. The molecule has 5 heteroatoms. The van der Waals surface area contributed by atoms with Crippen LogP contribution in [0.4, 0.5) is 11.4 Å². The van der Waals surface area contributed by atoms with Crippen LogP contribution in [0, 0.1) is 13.8 Å². The number of fused-ring (bicyclic) bond motifs is 1. The number of anilines is 2. The molecule has 0 unspecified atom stereocenters. The van der Waals surface area contributed by atoms with Gasteiger partial charge in [0.15, 0.2) is 11.5 Å². The van der Waals surface area contributed by atoms with Gasteiger partial charge in [0.2, 0.25) is 12.7 Å². The molecule has 1 aliphatic rings. The molecule has 0 aromatic heterocycles. The SMILES string of the molecule is Cc1cccc(C)c1NC(=O)CNc1ccc2c(c1)OCO2. The first kappa shape index (κ1) is 14.3. The molecule has 0 fully saturated rings. The van der Waals surface area contributed by atoms with Crippen LogP contribution in [0.2, 0.25) is 0 Å². The predicted molar refractivity (Wildman–Crippen MR) is 85.6 cm³/mol. The molecule has 1 amide bonds. The van der Waals surface area contributed by atoms with E-state index in [0.717, 1.165) is 28.3 Å². The fourth-order valence-electron chi connectivity index (χ4n) is 2.38. The maximum atomic E-state index is 12.1. The quantitative estimate of drug-likeness (QED) is 0.910. The fourth-order valence-corrected chi connectivity index (χ4v) is 2.38. The van der Waals surface area contributed by atoms with Gasteiger partial charge in [0.25, 0.3) is 0 Å². The number of amides is 1.